The van der Waals surface area contributed by atoms with Gasteiger partial charge in [0.15, 0.2) is 6.61 Å². The third-order valence-corrected chi connectivity index (χ3v) is 2.95. The van der Waals surface area contributed by atoms with Crippen molar-refractivity contribution in [2.24, 2.45) is 10.8 Å². The Morgan fingerprint density at radius 2 is 2.04 bits per heavy atom. The third-order valence-electron chi connectivity index (χ3n) is 2.64. The molecule has 0 saturated heterocycles. The average Bonchev–Trinajstić information content (AvgIpc) is 2.54. The first-order valence-corrected chi connectivity index (χ1v) is 6.89. The number of carbonyl (C=O) groups is 2. The number of carbonyl (C=O) groups excluding carboxylic acids is 2. The predicted octanol–water partition coefficient (Wildman–Crippen LogP) is 1.36. The maximum Gasteiger partial charge on any atom is 0.274 e. The number of halogens is 1. The minimum atomic E-state index is -0.549. The summed E-state index contributed by atoms with van der Waals surface area (Å²) in [4.78, 5) is 26.3. The summed E-state index contributed by atoms with van der Waals surface area (Å²) >= 11 is 5.81. The molecule has 0 saturated carbocycles. The van der Waals surface area contributed by atoms with Gasteiger partial charge in [0.1, 0.15) is 10.9 Å². The standard InChI is InChI=1S/C15H13ClN4O3/c16-14-12(2-1-7-18-14)15(22)20-19-8-10-3-5-11(6-4-10)23-9-13(17)21/h1-8H,9H2,(H2,17,21)(H,20,22). The second-order valence-corrected chi connectivity index (χ2v) is 4.72. The maximum atomic E-state index is 11.8. The van der Waals surface area contributed by atoms with Crippen LogP contribution < -0.4 is 15.9 Å². The SMILES string of the molecule is NC(=O)COc1ccc(C=NNC(=O)c2cccnc2Cl)cc1. The monoisotopic (exact) mass is 332 g/mol. The van der Waals surface area contributed by atoms with Crippen molar-refractivity contribution in [2.75, 3.05) is 6.61 Å². The number of pyridine rings is 1. The number of benzene rings is 1. The minimum Gasteiger partial charge on any atom is -0.484 e. The molecule has 1 aromatic carbocycles. The molecule has 2 aromatic rings. The predicted molar refractivity (Wildman–Crippen MR) is 85.4 cm³/mol. The van der Waals surface area contributed by atoms with Crippen LogP contribution in [-0.2, 0) is 4.79 Å². The number of nitrogens with two attached hydrogens (primary N) is 1. The van der Waals surface area contributed by atoms with Crippen molar-refractivity contribution in [1.29, 1.82) is 0 Å². The molecule has 2 amide bonds. The molecule has 0 spiro atoms. The van der Waals surface area contributed by atoms with Gasteiger partial charge in [-0.1, -0.05) is 11.6 Å². The fraction of sp³-hybridized carbons (Fsp3) is 0.0667. The van der Waals surface area contributed by atoms with Crippen LogP contribution in [0, 0.1) is 0 Å². The van der Waals surface area contributed by atoms with Gasteiger partial charge in [0.05, 0.1) is 11.8 Å². The van der Waals surface area contributed by atoms with E-state index in [0.717, 1.165) is 5.56 Å². The summed E-state index contributed by atoms with van der Waals surface area (Å²) in [6, 6.07) is 9.89. The molecule has 2 rings (SSSR count). The number of nitrogens with zero attached hydrogens (tertiary/aromatic N) is 2. The Kier molecular flexibility index (Phi) is 5.65. The molecule has 118 valence electrons. The summed E-state index contributed by atoms with van der Waals surface area (Å²) in [6.07, 6.45) is 2.95. The smallest absolute Gasteiger partial charge is 0.274 e. The Morgan fingerprint density at radius 1 is 1.30 bits per heavy atom. The summed E-state index contributed by atoms with van der Waals surface area (Å²) < 4.78 is 5.13. The molecule has 23 heavy (non-hydrogen) atoms. The molecular weight excluding hydrogens is 320 g/mol. The van der Waals surface area contributed by atoms with Crippen LogP contribution in [0.15, 0.2) is 47.7 Å². The average molecular weight is 333 g/mol. The Labute approximate surface area is 137 Å². The molecule has 0 unspecified atom stereocenters. The lowest BCUT2D eigenvalue weighted by atomic mass is 10.2. The van der Waals surface area contributed by atoms with Gasteiger partial charge in [-0.05, 0) is 42.0 Å². The molecule has 0 aliphatic rings. The first kappa shape index (κ1) is 16.4. The van der Waals surface area contributed by atoms with Gasteiger partial charge in [-0.2, -0.15) is 5.10 Å². The quantitative estimate of drug-likeness (QED) is 0.473. The van der Waals surface area contributed by atoms with E-state index in [9.17, 15) is 9.59 Å². The van der Waals surface area contributed by atoms with Crippen LogP contribution in [0.2, 0.25) is 5.15 Å². The van der Waals surface area contributed by atoms with Crippen LogP contribution in [0.4, 0.5) is 0 Å². The summed E-state index contributed by atoms with van der Waals surface area (Å²) in [5.41, 5.74) is 8.31. The van der Waals surface area contributed by atoms with Crippen LogP contribution in [0.25, 0.3) is 0 Å². The highest BCUT2D eigenvalue weighted by Crippen LogP contribution is 2.12. The number of ether oxygens (including phenoxy) is 1. The minimum absolute atomic E-state index is 0.108. The molecule has 0 atom stereocenters. The van der Waals surface area contributed by atoms with Gasteiger partial charge < -0.3 is 10.5 Å². The van der Waals surface area contributed by atoms with Crippen LogP contribution in [0.3, 0.4) is 0 Å². The first-order chi connectivity index (χ1) is 11.1. The van der Waals surface area contributed by atoms with Gasteiger partial charge in [0.25, 0.3) is 11.8 Å². The topological polar surface area (TPSA) is 107 Å². The normalized spacial score (nSPS) is 10.5. The van der Waals surface area contributed by atoms with Crippen LogP contribution in [0.5, 0.6) is 5.75 Å². The van der Waals surface area contributed by atoms with Crippen LogP contribution in [-0.4, -0.2) is 29.6 Å². The number of rotatable bonds is 6. The van der Waals surface area contributed by atoms with E-state index in [1.54, 1.807) is 36.4 Å². The third kappa shape index (κ3) is 5.08. The van der Waals surface area contributed by atoms with Gasteiger partial charge >= 0.3 is 0 Å². The molecule has 8 heteroatoms. The second-order valence-electron chi connectivity index (χ2n) is 4.36. The molecule has 1 heterocycles. The van der Waals surface area contributed by atoms with Crippen molar-refractivity contribution in [3.05, 3.63) is 58.9 Å². The van der Waals surface area contributed by atoms with Crippen molar-refractivity contribution in [3.63, 3.8) is 0 Å². The Bertz CT molecular complexity index is 732. The molecular formula is C15H13ClN4O3. The number of amides is 2. The Hall–Kier alpha value is -2.93. The molecule has 7 nitrogen and oxygen atoms in total. The Morgan fingerprint density at radius 3 is 2.70 bits per heavy atom. The lowest BCUT2D eigenvalue weighted by Gasteiger charge is -2.03. The molecule has 1 aromatic heterocycles. The maximum absolute atomic E-state index is 11.8. The van der Waals surface area contributed by atoms with Crippen LogP contribution >= 0.6 is 11.6 Å². The summed E-state index contributed by atoms with van der Waals surface area (Å²) in [7, 11) is 0. The van der Waals surface area contributed by atoms with E-state index >= 15 is 0 Å². The van der Waals surface area contributed by atoms with E-state index in [0.29, 0.717) is 5.75 Å². The molecule has 0 fully saturated rings. The number of nitrogens with one attached hydrogen (secondary N) is 1. The first-order valence-electron chi connectivity index (χ1n) is 6.51. The lowest BCUT2D eigenvalue weighted by molar-refractivity contribution is -0.119. The highest BCUT2D eigenvalue weighted by atomic mass is 35.5. The van der Waals surface area contributed by atoms with E-state index in [2.05, 4.69) is 15.5 Å². The highest BCUT2D eigenvalue weighted by molar-refractivity contribution is 6.32. The van der Waals surface area contributed by atoms with E-state index in [1.165, 1.54) is 12.4 Å². The van der Waals surface area contributed by atoms with Crippen molar-refractivity contribution in [3.8, 4) is 5.75 Å². The molecule has 3 N–H and O–H groups in total. The van der Waals surface area contributed by atoms with Crippen molar-refractivity contribution >= 4 is 29.6 Å². The van der Waals surface area contributed by atoms with E-state index in [4.69, 9.17) is 22.1 Å². The van der Waals surface area contributed by atoms with Crippen molar-refractivity contribution in [1.82, 2.24) is 10.4 Å². The summed E-state index contributed by atoms with van der Waals surface area (Å²) in [6.45, 7) is -0.185. The van der Waals surface area contributed by atoms with E-state index in [-0.39, 0.29) is 17.3 Å². The zero-order valence-corrected chi connectivity index (χ0v) is 12.7. The largest absolute Gasteiger partial charge is 0.484 e. The molecule has 0 radical (unpaired) electrons. The number of primary amides is 1. The van der Waals surface area contributed by atoms with Crippen molar-refractivity contribution in [2.45, 2.75) is 0 Å². The van der Waals surface area contributed by atoms with Gasteiger partial charge in [-0.15, -0.1) is 0 Å². The zero-order chi connectivity index (χ0) is 16.7. The number of hydrogen-bond acceptors (Lipinski definition) is 5. The van der Waals surface area contributed by atoms with Gasteiger partial charge in [-0.3, -0.25) is 9.59 Å². The Balaban J connectivity index is 1.92. The summed E-state index contributed by atoms with van der Waals surface area (Å²) in [5, 5.41) is 3.94. The van der Waals surface area contributed by atoms with Gasteiger partial charge in [-0.25, -0.2) is 10.4 Å². The van der Waals surface area contributed by atoms with Crippen LogP contribution in [0.1, 0.15) is 15.9 Å². The number of hydrogen-bond donors (Lipinski definition) is 2. The van der Waals surface area contributed by atoms with Gasteiger partial charge in [0, 0.05) is 6.20 Å². The highest BCUT2D eigenvalue weighted by Gasteiger charge is 2.08. The molecule has 0 bridgehead atoms. The van der Waals surface area contributed by atoms with E-state index in [1.807, 2.05) is 0 Å². The number of aromatic nitrogens is 1. The van der Waals surface area contributed by atoms with Crippen molar-refractivity contribution < 1.29 is 14.3 Å². The molecule has 0 aliphatic carbocycles. The second kappa shape index (κ2) is 7.90. The fourth-order valence-electron chi connectivity index (χ4n) is 1.59. The van der Waals surface area contributed by atoms with Gasteiger partial charge in [0.2, 0.25) is 0 Å². The summed E-state index contributed by atoms with van der Waals surface area (Å²) in [5.74, 6) is -0.500. The lowest BCUT2D eigenvalue weighted by Crippen LogP contribution is -2.20. The fourth-order valence-corrected chi connectivity index (χ4v) is 1.79. The van der Waals surface area contributed by atoms with E-state index < -0.39 is 11.8 Å². The molecule has 0 aliphatic heterocycles. The number of hydrazone groups is 1. The zero-order valence-electron chi connectivity index (χ0n) is 11.9.